The van der Waals surface area contributed by atoms with E-state index in [1.807, 2.05) is 6.26 Å². The van der Waals surface area contributed by atoms with Crippen LogP contribution < -0.4 is 11.5 Å². The molecule has 216 valence electrons. The van der Waals surface area contributed by atoms with Crippen LogP contribution in [0.15, 0.2) is 36.9 Å². The first-order valence-electron chi connectivity index (χ1n) is 11.9. The topological polar surface area (TPSA) is 257 Å². The second-order valence-electron chi connectivity index (χ2n) is 9.09. The summed E-state index contributed by atoms with van der Waals surface area (Å²) in [6.07, 6.45) is 1.17. The van der Waals surface area contributed by atoms with E-state index in [9.17, 15) is 24.6 Å². The van der Waals surface area contributed by atoms with E-state index in [4.69, 9.17) is 31.5 Å². The molecule has 1 fully saturated rings. The number of aliphatic carboxylic acids is 2. The average molecular weight is 580 g/mol. The van der Waals surface area contributed by atoms with Gasteiger partial charge in [0.05, 0.1) is 12.6 Å². The van der Waals surface area contributed by atoms with Crippen molar-refractivity contribution in [2.75, 3.05) is 23.5 Å². The van der Waals surface area contributed by atoms with E-state index < -0.39 is 48.3 Å². The third-order valence-electron chi connectivity index (χ3n) is 6.08. The highest BCUT2D eigenvalue weighted by Crippen LogP contribution is 2.32. The summed E-state index contributed by atoms with van der Waals surface area (Å²) >= 11 is 0. The molecule has 0 bridgehead atoms. The van der Waals surface area contributed by atoms with Crippen LogP contribution in [0.3, 0.4) is 0 Å². The summed E-state index contributed by atoms with van der Waals surface area (Å²) in [5, 5.41) is 46.9. The Bertz CT molecular complexity index is 1340. The van der Waals surface area contributed by atoms with Gasteiger partial charge < -0.3 is 41.7 Å². The molecule has 16 heteroatoms. The number of aliphatic hydroxyl groups excluding tert-OH is 2. The molecular weight excluding hydrogens is 548 g/mol. The summed E-state index contributed by atoms with van der Waals surface area (Å²) < 4.78 is 7.41. The molecule has 3 heterocycles. The minimum atomic E-state index is -1.44. The number of ether oxygens (including phenoxy) is 1. The molecule has 0 saturated carbocycles. The summed E-state index contributed by atoms with van der Waals surface area (Å²) in [7, 11) is -0.235. The minimum Gasteiger partial charge on any atom is -0.508 e. The Morgan fingerprint density at radius 1 is 1.10 bits per heavy atom. The van der Waals surface area contributed by atoms with Crippen LogP contribution in [0, 0.1) is 0 Å². The largest absolute Gasteiger partial charge is 0.508 e. The van der Waals surface area contributed by atoms with Gasteiger partial charge in [-0.15, -0.1) is 0 Å². The molecule has 3 aromatic rings. The van der Waals surface area contributed by atoms with Gasteiger partial charge in [0, 0.05) is 12.8 Å². The van der Waals surface area contributed by atoms with Crippen LogP contribution in [0.2, 0.25) is 0 Å². The van der Waals surface area contributed by atoms with Crippen molar-refractivity contribution in [1.82, 2.24) is 19.5 Å². The lowest BCUT2D eigenvalue weighted by Crippen LogP contribution is -2.37. The average Bonchev–Trinajstić information content (AvgIpc) is 3.46. The number of phenolic OH excluding ortho intramolecular Hbond substituents is 1. The number of carboxylic acid groups (broad SMARTS) is 2. The van der Waals surface area contributed by atoms with E-state index in [1.165, 1.54) is 41.5 Å². The van der Waals surface area contributed by atoms with Crippen molar-refractivity contribution in [3.8, 4) is 5.75 Å². The van der Waals surface area contributed by atoms with Crippen LogP contribution in [-0.2, 0) is 36.4 Å². The number of Topliss-reactive ketones (excluding diaryl/α,β-unsaturated/α-hetero) is 1. The van der Waals surface area contributed by atoms with Crippen molar-refractivity contribution in [1.29, 1.82) is 0 Å². The molecule has 1 saturated heterocycles. The molecule has 6 atom stereocenters. The third-order valence-corrected chi connectivity index (χ3v) is 7.91. The first-order chi connectivity index (χ1) is 18.9. The summed E-state index contributed by atoms with van der Waals surface area (Å²) in [5.74, 6) is -1.95. The Morgan fingerprint density at radius 3 is 2.40 bits per heavy atom. The number of ketones is 1. The van der Waals surface area contributed by atoms with Crippen molar-refractivity contribution in [3.63, 3.8) is 0 Å². The summed E-state index contributed by atoms with van der Waals surface area (Å²) in [5.41, 5.74) is 12.7. The number of aliphatic hydroxyl groups is 2. The van der Waals surface area contributed by atoms with E-state index in [0.29, 0.717) is 34.7 Å². The Hall–Kier alpha value is -3.83. The maximum Gasteiger partial charge on any atom is 0.372 e. The van der Waals surface area contributed by atoms with Crippen molar-refractivity contribution in [2.45, 2.75) is 43.4 Å². The molecule has 1 unspecified atom stereocenters. The second kappa shape index (κ2) is 13.5. The van der Waals surface area contributed by atoms with Crippen molar-refractivity contribution in [2.24, 2.45) is 5.73 Å². The minimum absolute atomic E-state index is 0.0894. The Balaban J connectivity index is 0.000000285. The summed E-state index contributed by atoms with van der Waals surface area (Å²) in [6.45, 7) is 0. The van der Waals surface area contributed by atoms with Crippen LogP contribution in [0.25, 0.3) is 11.2 Å². The number of nitrogen functional groups attached to an aromatic ring is 1. The van der Waals surface area contributed by atoms with Crippen molar-refractivity contribution in [3.05, 3.63) is 42.5 Å². The number of hydrogen-bond donors (Lipinski definition) is 7. The summed E-state index contributed by atoms with van der Waals surface area (Å²) in [4.78, 5) is 43.9. The van der Waals surface area contributed by atoms with Crippen LogP contribution >= 0.6 is 0 Å². The zero-order chi connectivity index (χ0) is 29.6. The van der Waals surface area contributed by atoms with Gasteiger partial charge in [-0.3, -0.25) is 14.2 Å². The van der Waals surface area contributed by atoms with Crippen LogP contribution in [0.1, 0.15) is 18.2 Å². The Morgan fingerprint density at radius 2 is 1.77 bits per heavy atom. The molecule has 4 rings (SSSR count). The van der Waals surface area contributed by atoms with Crippen molar-refractivity contribution >= 4 is 45.6 Å². The molecule has 0 aliphatic carbocycles. The molecule has 1 aliphatic rings. The number of nitrogens with zero attached hydrogens (tertiary/aromatic N) is 4. The predicted octanol–water partition coefficient (Wildman–Crippen LogP) is -1.33. The molecule has 0 amide bonds. The van der Waals surface area contributed by atoms with Gasteiger partial charge in [0.25, 0.3) is 0 Å². The van der Waals surface area contributed by atoms with E-state index in [2.05, 4.69) is 15.0 Å². The molecular formula is C24H31N6O9S+. The zero-order valence-electron chi connectivity index (χ0n) is 21.4. The SMILES string of the molecule is C[S+](CC[C@H](N)C(=O)O)C[C@H]1O[C@@H](n2cnc3c(N)ncnc32)[C@H](O)[C@@H]1O.O=C(O)C(=O)Cc1ccc(O)cc1. The van der Waals surface area contributed by atoms with E-state index in [1.54, 1.807) is 0 Å². The fourth-order valence-corrected chi connectivity index (χ4v) is 5.50. The first-order valence-corrected chi connectivity index (χ1v) is 13.9. The van der Waals surface area contributed by atoms with Crippen molar-refractivity contribution < 1.29 is 44.7 Å². The standard InChI is InChI=1S/C15H22N6O5S.C9H8O4/c1-27(3-2-7(16)15(24)25)4-8-10(22)11(23)14(26-8)21-6-20-9-12(17)18-5-19-13(9)21;10-7-3-1-6(2-4-7)5-8(11)9(12)13/h5-8,10-11,14,22-23H,2-4,16H2,1H3,(H2-,17,18,19,24,25);1-4,10H,5H2,(H,12,13)/p+1/t7-,8+,10+,11+,14+,27?;/m0./s1. The third kappa shape index (κ3) is 7.64. The van der Waals surface area contributed by atoms with Gasteiger partial charge >= 0.3 is 11.9 Å². The monoisotopic (exact) mass is 579 g/mol. The van der Waals surface area contributed by atoms with E-state index in [-0.39, 0.29) is 28.9 Å². The maximum atomic E-state index is 10.8. The highest BCUT2D eigenvalue weighted by molar-refractivity contribution is 7.96. The van der Waals surface area contributed by atoms with E-state index in [0.717, 1.165) is 0 Å². The number of phenols is 1. The number of anilines is 1. The van der Waals surface area contributed by atoms with Gasteiger partial charge in [-0.2, -0.15) is 0 Å². The molecule has 2 aromatic heterocycles. The van der Waals surface area contributed by atoms with Gasteiger partial charge in [0.15, 0.2) is 17.7 Å². The molecule has 0 spiro atoms. The van der Waals surface area contributed by atoms with Gasteiger partial charge in [0.1, 0.15) is 53.5 Å². The maximum absolute atomic E-state index is 10.8. The number of benzene rings is 1. The van der Waals surface area contributed by atoms with Gasteiger partial charge in [-0.1, -0.05) is 12.1 Å². The fraction of sp³-hybridized carbons (Fsp3) is 0.417. The van der Waals surface area contributed by atoms with Gasteiger partial charge in [-0.25, -0.2) is 19.7 Å². The molecule has 1 aliphatic heterocycles. The number of hydrogen-bond acceptors (Lipinski definition) is 12. The number of aromatic nitrogens is 4. The van der Waals surface area contributed by atoms with Crippen LogP contribution in [-0.4, -0.2) is 105 Å². The predicted molar refractivity (Wildman–Crippen MR) is 143 cm³/mol. The molecule has 1 aromatic carbocycles. The molecule has 9 N–H and O–H groups in total. The van der Waals surface area contributed by atoms with E-state index >= 15 is 0 Å². The Kier molecular flexibility index (Phi) is 10.4. The van der Waals surface area contributed by atoms with Crippen LogP contribution in [0.4, 0.5) is 5.82 Å². The number of carboxylic acids is 2. The lowest BCUT2D eigenvalue weighted by atomic mass is 10.1. The number of rotatable bonds is 10. The lowest BCUT2D eigenvalue weighted by molar-refractivity contribution is -0.148. The van der Waals surface area contributed by atoms with Crippen LogP contribution in [0.5, 0.6) is 5.75 Å². The van der Waals surface area contributed by atoms with Gasteiger partial charge in [0.2, 0.25) is 5.78 Å². The Labute approximate surface area is 230 Å². The quantitative estimate of drug-likeness (QED) is 0.108. The number of fused-ring (bicyclic) bond motifs is 1. The summed E-state index contributed by atoms with van der Waals surface area (Å²) in [6, 6.07) is 4.93. The smallest absolute Gasteiger partial charge is 0.372 e. The number of imidazole rings is 1. The number of aromatic hydroxyl groups is 1. The molecule has 0 radical (unpaired) electrons. The lowest BCUT2D eigenvalue weighted by Gasteiger charge is -2.16. The number of carbonyl (C=O) groups excluding carboxylic acids is 1. The first kappa shape index (κ1) is 30.7. The number of carbonyl (C=O) groups is 3. The fourth-order valence-electron chi connectivity index (χ4n) is 3.84. The highest BCUT2D eigenvalue weighted by atomic mass is 32.2. The number of nitrogens with two attached hydrogens (primary N) is 2. The molecule has 15 nitrogen and oxygen atoms in total. The molecule has 40 heavy (non-hydrogen) atoms. The normalized spacial score (nSPS) is 21.8. The zero-order valence-corrected chi connectivity index (χ0v) is 22.2. The highest BCUT2D eigenvalue weighted by Gasteiger charge is 2.46. The second-order valence-corrected chi connectivity index (χ2v) is 11.4. The van der Waals surface area contributed by atoms with Gasteiger partial charge in [-0.05, 0) is 28.6 Å².